The molecule has 3 unspecified atom stereocenters. The maximum Gasteiger partial charge on any atom is 0.472 e. The van der Waals surface area contributed by atoms with Crippen LogP contribution in [0.4, 0.5) is 0 Å². The average molecular weight is 1240 g/mol. The van der Waals surface area contributed by atoms with Crippen molar-refractivity contribution in [3.05, 3.63) is 146 Å². The van der Waals surface area contributed by atoms with Crippen molar-refractivity contribution in [2.24, 2.45) is 0 Å². The van der Waals surface area contributed by atoms with Gasteiger partial charge in [0.15, 0.2) is 0 Å². The van der Waals surface area contributed by atoms with E-state index < -0.39 is 20.0 Å². The van der Waals surface area contributed by atoms with Crippen LogP contribution in [0, 0.1) is 0 Å². The van der Waals surface area contributed by atoms with Crippen LogP contribution in [-0.2, 0) is 27.9 Å². The number of phosphoric acid groups is 1. The number of nitrogens with one attached hydrogen (secondary N) is 1. The number of ether oxygens (including phenoxy) is 1. The maximum absolute atomic E-state index is 13.6. The van der Waals surface area contributed by atoms with E-state index in [4.69, 9.17) is 13.8 Å². The first kappa shape index (κ1) is 83.9. The zero-order valence-corrected chi connectivity index (χ0v) is 58.3. The summed E-state index contributed by atoms with van der Waals surface area (Å²) < 4.78 is 30.8. The molecule has 88 heavy (non-hydrogen) atoms. The molecular formula is C78H134N2O7P+. The van der Waals surface area contributed by atoms with Crippen molar-refractivity contribution in [1.29, 1.82) is 0 Å². The molecule has 9 nitrogen and oxygen atoms in total. The molecule has 0 heterocycles. The topological polar surface area (TPSA) is 111 Å². The SMILES string of the molecule is CC/C=C\C/C=C\C/C=C\C/C=C\C/C=C\C/C=C\CCCCCCCCCCC(=O)NC(COP(=O)(O)OCC[N+](C)(C)C)C(/C=C\CCCCCCCCCCCC)OC(=O)CCCCCCCCC/C=C\C/C=C\C/C=C\C/C=C\C/C=C\CC. The Labute approximate surface area is 542 Å². The number of allylic oxidation sites excluding steroid dienone is 23. The van der Waals surface area contributed by atoms with Crippen molar-refractivity contribution in [2.75, 3.05) is 40.9 Å². The third-order valence-electron chi connectivity index (χ3n) is 15.0. The van der Waals surface area contributed by atoms with Gasteiger partial charge in [-0.25, -0.2) is 4.57 Å². The first-order valence-corrected chi connectivity index (χ1v) is 37.2. The Bertz CT molecular complexity index is 2020. The molecule has 502 valence electrons. The van der Waals surface area contributed by atoms with Crippen LogP contribution in [0.15, 0.2) is 146 Å². The first-order chi connectivity index (χ1) is 42.9. The summed E-state index contributed by atoms with van der Waals surface area (Å²) in [6.07, 6.45) is 95.7. The van der Waals surface area contributed by atoms with Gasteiger partial charge in [0.05, 0.1) is 33.8 Å². The van der Waals surface area contributed by atoms with Gasteiger partial charge in [0.2, 0.25) is 5.91 Å². The number of rotatable bonds is 63. The van der Waals surface area contributed by atoms with Crippen LogP contribution < -0.4 is 5.32 Å². The van der Waals surface area contributed by atoms with E-state index in [1.807, 2.05) is 33.3 Å². The monoisotopic (exact) mass is 1240 g/mol. The van der Waals surface area contributed by atoms with Crippen LogP contribution in [0.5, 0.6) is 0 Å². The number of carbonyl (C=O) groups excluding carboxylic acids is 2. The lowest BCUT2D eigenvalue weighted by Crippen LogP contribution is -2.47. The Morgan fingerprint density at radius 2 is 0.727 bits per heavy atom. The molecule has 0 aromatic rings. The van der Waals surface area contributed by atoms with Crippen LogP contribution >= 0.6 is 7.82 Å². The van der Waals surface area contributed by atoms with Gasteiger partial charge in [-0.3, -0.25) is 18.6 Å². The molecule has 0 aromatic heterocycles. The van der Waals surface area contributed by atoms with E-state index in [-0.39, 0.29) is 31.5 Å². The van der Waals surface area contributed by atoms with Gasteiger partial charge in [-0.2, -0.15) is 0 Å². The van der Waals surface area contributed by atoms with Crippen LogP contribution in [0.3, 0.4) is 0 Å². The van der Waals surface area contributed by atoms with E-state index in [2.05, 4.69) is 160 Å². The van der Waals surface area contributed by atoms with Gasteiger partial charge in [0, 0.05) is 12.8 Å². The summed E-state index contributed by atoms with van der Waals surface area (Å²) >= 11 is 0. The molecule has 0 aliphatic rings. The number of phosphoric ester groups is 1. The number of amides is 1. The summed E-state index contributed by atoms with van der Waals surface area (Å²) in [4.78, 5) is 37.9. The summed E-state index contributed by atoms with van der Waals surface area (Å²) in [5, 5.41) is 3.06. The van der Waals surface area contributed by atoms with Crippen LogP contribution in [0.1, 0.15) is 284 Å². The number of esters is 1. The largest absolute Gasteiger partial charge is 0.472 e. The van der Waals surface area contributed by atoms with E-state index in [0.29, 0.717) is 17.4 Å². The second-order valence-corrected chi connectivity index (χ2v) is 26.1. The fourth-order valence-electron chi connectivity index (χ4n) is 9.62. The van der Waals surface area contributed by atoms with E-state index in [0.717, 1.165) is 154 Å². The van der Waals surface area contributed by atoms with Crippen molar-refractivity contribution in [1.82, 2.24) is 5.32 Å². The lowest BCUT2D eigenvalue weighted by atomic mass is 10.0. The zero-order valence-electron chi connectivity index (χ0n) is 57.4. The number of nitrogens with zero attached hydrogens (tertiary/aromatic N) is 1. The van der Waals surface area contributed by atoms with Gasteiger partial charge in [0.25, 0.3) is 0 Å². The minimum absolute atomic E-state index is 0.0287. The van der Waals surface area contributed by atoms with Gasteiger partial charge in [-0.15, -0.1) is 0 Å². The predicted molar refractivity (Wildman–Crippen MR) is 382 cm³/mol. The molecule has 0 saturated carbocycles. The summed E-state index contributed by atoms with van der Waals surface area (Å²) in [6.45, 7) is 6.77. The Balaban J connectivity index is 5.13. The van der Waals surface area contributed by atoms with E-state index >= 15 is 0 Å². The molecular weight excluding hydrogens is 1110 g/mol. The fourth-order valence-corrected chi connectivity index (χ4v) is 10.4. The second-order valence-electron chi connectivity index (χ2n) is 24.6. The van der Waals surface area contributed by atoms with Crippen molar-refractivity contribution < 1.29 is 37.3 Å². The highest BCUT2D eigenvalue weighted by Crippen LogP contribution is 2.43. The Morgan fingerprint density at radius 3 is 1.09 bits per heavy atom. The average Bonchev–Trinajstić information content (AvgIpc) is 3.66. The molecule has 0 aromatic carbocycles. The normalized spacial score (nSPS) is 14.4. The van der Waals surface area contributed by atoms with Crippen molar-refractivity contribution in [3.8, 4) is 0 Å². The van der Waals surface area contributed by atoms with Crippen LogP contribution in [-0.4, -0.2) is 74.3 Å². The molecule has 0 spiro atoms. The van der Waals surface area contributed by atoms with Crippen molar-refractivity contribution in [3.63, 3.8) is 0 Å². The molecule has 0 aliphatic heterocycles. The van der Waals surface area contributed by atoms with Gasteiger partial charge in [-0.05, 0) is 128 Å². The Hall–Kier alpha value is -4.11. The van der Waals surface area contributed by atoms with Crippen molar-refractivity contribution >= 4 is 19.7 Å². The smallest absolute Gasteiger partial charge is 0.456 e. The third-order valence-corrected chi connectivity index (χ3v) is 16.0. The third kappa shape index (κ3) is 66.3. The summed E-state index contributed by atoms with van der Waals surface area (Å²) in [5.74, 6) is -0.534. The summed E-state index contributed by atoms with van der Waals surface area (Å²) in [6, 6.07) is -0.870. The summed E-state index contributed by atoms with van der Waals surface area (Å²) in [7, 11) is 1.46. The molecule has 0 aliphatic carbocycles. The van der Waals surface area contributed by atoms with Crippen molar-refractivity contribution in [2.45, 2.75) is 296 Å². The van der Waals surface area contributed by atoms with E-state index in [1.54, 1.807) is 0 Å². The minimum Gasteiger partial charge on any atom is -0.456 e. The van der Waals surface area contributed by atoms with E-state index in [9.17, 15) is 19.0 Å². The molecule has 0 bridgehead atoms. The van der Waals surface area contributed by atoms with Crippen LogP contribution in [0.2, 0.25) is 0 Å². The molecule has 2 N–H and O–H groups in total. The number of unbranched alkanes of at least 4 members (excludes halogenated alkanes) is 25. The molecule has 0 radical (unpaired) electrons. The lowest BCUT2D eigenvalue weighted by Gasteiger charge is -2.27. The molecule has 0 rings (SSSR count). The molecule has 10 heteroatoms. The Kier molecular flexibility index (Phi) is 62.8. The van der Waals surface area contributed by atoms with Gasteiger partial charge in [-0.1, -0.05) is 289 Å². The van der Waals surface area contributed by atoms with Gasteiger partial charge < -0.3 is 19.4 Å². The van der Waals surface area contributed by atoms with Gasteiger partial charge in [0.1, 0.15) is 19.3 Å². The molecule has 3 atom stereocenters. The Morgan fingerprint density at radius 1 is 0.409 bits per heavy atom. The molecule has 1 amide bonds. The highest BCUT2D eigenvalue weighted by atomic mass is 31.2. The maximum atomic E-state index is 13.6. The fraction of sp³-hybridized carbons (Fsp3) is 0.667. The quantitative estimate of drug-likeness (QED) is 0.0205. The summed E-state index contributed by atoms with van der Waals surface area (Å²) in [5.41, 5.74) is 0. The second kappa shape index (κ2) is 65.8. The predicted octanol–water partition coefficient (Wildman–Crippen LogP) is 23.0. The zero-order chi connectivity index (χ0) is 64.2. The number of hydrogen-bond donors (Lipinski definition) is 2. The molecule has 0 saturated heterocycles. The van der Waals surface area contributed by atoms with E-state index in [1.165, 1.54) is 96.3 Å². The van der Waals surface area contributed by atoms with Crippen LogP contribution in [0.25, 0.3) is 0 Å². The first-order valence-electron chi connectivity index (χ1n) is 35.7. The number of quaternary nitrogens is 1. The highest BCUT2D eigenvalue weighted by molar-refractivity contribution is 7.47. The highest BCUT2D eigenvalue weighted by Gasteiger charge is 2.30. The molecule has 0 fully saturated rings. The standard InChI is InChI=1S/C78H133N2O7P/c1-7-10-13-16-19-22-25-28-30-32-34-36-38-39-40-41-43-44-46-48-50-52-55-58-61-64-67-70-77(81)79-75(74-86-88(83,84)85-73-72-80(4,5)6)76(69-66-63-60-57-54-27-24-21-18-15-12-9-3)87-78(82)71-68-65-62-59-56-53-51-49-47-45-42-37-35-33-31-29-26-23-20-17-14-11-8-2/h10-11,13-14,19-20,22-23,28-31,34-37,39-40,43-45,47,66,69,75-76H,7-9,12,15-18,21,24-27,32-33,38,41-42,46,48-65,67-68,70-74H2,1-6H3,(H-,79,81,83,84)/p+1/b13-10-,14-11-,22-19-,23-20-,30-28-,31-29-,36-34-,37-35-,40-39-,44-43-,47-45-,69-66-. The number of likely N-dealkylation sites (N-methyl/N-ethyl adjacent to an activating group) is 1. The minimum atomic E-state index is -4.47. The number of hydrogen-bond acceptors (Lipinski definition) is 6. The lowest BCUT2D eigenvalue weighted by molar-refractivity contribution is -0.870. The van der Waals surface area contributed by atoms with Gasteiger partial charge >= 0.3 is 13.8 Å². The number of carbonyl (C=O) groups is 2.